The van der Waals surface area contributed by atoms with Gasteiger partial charge in [-0.25, -0.2) is 19.7 Å². The first-order chi connectivity index (χ1) is 18.0. The summed E-state index contributed by atoms with van der Waals surface area (Å²) in [5.74, 6) is -1.61. The Morgan fingerprint density at radius 3 is 2.62 bits per heavy atom. The molecule has 0 aliphatic carbocycles. The first-order valence-corrected chi connectivity index (χ1v) is 12.9. The van der Waals surface area contributed by atoms with Gasteiger partial charge in [0.1, 0.15) is 11.8 Å². The SMILES string of the molecule is O=C(Nc1cnc(CN2CCOCC2)cc1C(=O)O)c1csc(N2CCC(Oc3ncccn3)CC2)n1. The van der Waals surface area contributed by atoms with Gasteiger partial charge in [-0.3, -0.25) is 14.7 Å². The monoisotopic (exact) mass is 525 g/mol. The number of nitrogens with zero attached hydrogens (tertiary/aromatic N) is 6. The van der Waals surface area contributed by atoms with Crippen LogP contribution in [-0.4, -0.2) is 87.3 Å². The van der Waals surface area contributed by atoms with Gasteiger partial charge in [0.2, 0.25) is 0 Å². The van der Waals surface area contributed by atoms with E-state index in [9.17, 15) is 14.7 Å². The van der Waals surface area contributed by atoms with E-state index in [1.807, 2.05) is 0 Å². The lowest BCUT2D eigenvalue weighted by molar-refractivity contribution is 0.0336. The summed E-state index contributed by atoms with van der Waals surface area (Å²) in [5, 5.41) is 14.8. The summed E-state index contributed by atoms with van der Waals surface area (Å²) in [6.45, 7) is 4.79. The Morgan fingerprint density at radius 2 is 1.89 bits per heavy atom. The summed E-state index contributed by atoms with van der Waals surface area (Å²) < 4.78 is 11.2. The molecule has 2 aliphatic heterocycles. The molecule has 194 valence electrons. The van der Waals surface area contributed by atoms with Gasteiger partial charge >= 0.3 is 12.0 Å². The number of carboxylic acids is 1. The third-order valence-corrected chi connectivity index (χ3v) is 7.08. The number of nitrogens with one attached hydrogen (secondary N) is 1. The van der Waals surface area contributed by atoms with Crippen molar-refractivity contribution >= 4 is 34.0 Å². The number of amides is 1. The van der Waals surface area contributed by atoms with Gasteiger partial charge in [-0.05, 0) is 12.1 Å². The fourth-order valence-corrected chi connectivity index (χ4v) is 5.07. The molecule has 0 bridgehead atoms. The number of ether oxygens (including phenoxy) is 2. The van der Waals surface area contributed by atoms with Gasteiger partial charge in [0, 0.05) is 63.3 Å². The number of rotatable bonds is 8. The number of aromatic carboxylic acids is 1. The van der Waals surface area contributed by atoms with E-state index in [4.69, 9.17) is 9.47 Å². The van der Waals surface area contributed by atoms with E-state index in [2.05, 4.69) is 35.1 Å². The second kappa shape index (κ2) is 11.6. The van der Waals surface area contributed by atoms with E-state index in [1.165, 1.54) is 23.6 Å². The minimum absolute atomic E-state index is 0.00784. The smallest absolute Gasteiger partial charge is 0.337 e. The van der Waals surface area contributed by atoms with Gasteiger partial charge in [-0.1, -0.05) is 0 Å². The number of piperidine rings is 1. The Hall–Kier alpha value is -3.68. The molecule has 2 fully saturated rings. The highest BCUT2D eigenvalue weighted by Gasteiger charge is 2.25. The van der Waals surface area contributed by atoms with E-state index in [-0.39, 0.29) is 23.0 Å². The van der Waals surface area contributed by atoms with Crippen LogP contribution in [0.25, 0.3) is 0 Å². The molecule has 13 heteroatoms. The molecule has 0 aromatic carbocycles. The standard InChI is InChI=1S/C24H27N7O5S/c32-21(28-19-13-27-16(12-18(19)22(33)34)14-30-8-10-35-11-9-30)20-15-37-24(29-20)31-6-2-17(3-7-31)36-23-25-4-1-5-26-23/h1,4-5,12-13,15,17H,2-3,6-11,14H2,(H,28,32)(H,33,34). The largest absolute Gasteiger partial charge is 0.478 e. The molecule has 5 rings (SSSR count). The summed E-state index contributed by atoms with van der Waals surface area (Å²) in [4.78, 5) is 46.1. The normalized spacial score (nSPS) is 16.9. The number of carboxylic acid groups (broad SMARTS) is 1. The third kappa shape index (κ3) is 6.37. The van der Waals surface area contributed by atoms with Crippen LogP contribution in [0.3, 0.4) is 0 Å². The number of carbonyl (C=O) groups excluding carboxylic acids is 1. The number of thiazole rings is 1. The molecule has 1 amide bonds. The number of anilines is 2. The van der Waals surface area contributed by atoms with Crippen LogP contribution in [0.15, 0.2) is 36.1 Å². The summed E-state index contributed by atoms with van der Waals surface area (Å²) >= 11 is 1.37. The zero-order chi connectivity index (χ0) is 25.6. The maximum atomic E-state index is 12.9. The molecule has 0 atom stereocenters. The van der Waals surface area contributed by atoms with Gasteiger partial charge in [0.05, 0.1) is 36.4 Å². The summed E-state index contributed by atoms with van der Waals surface area (Å²) in [6, 6.07) is 3.62. The predicted molar refractivity (Wildman–Crippen MR) is 135 cm³/mol. The molecule has 2 N–H and O–H groups in total. The Kier molecular flexibility index (Phi) is 7.82. The molecule has 2 aliphatic rings. The highest BCUT2D eigenvalue weighted by atomic mass is 32.1. The fraction of sp³-hybridized carbons (Fsp3) is 0.417. The van der Waals surface area contributed by atoms with Crippen molar-refractivity contribution in [2.45, 2.75) is 25.5 Å². The molecule has 12 nitrogen and oxygen atoms in total. The predicted octanol–water partition coefficient (Wildman–Crippen LogP) is 2.16. The fourth-order valence-electron chi connectivity index (χ4n) is 4.21. The quantitative estimate of drug-likeness (QED) is 0.446. The molecule has 3 aromatic heterocycles. The third-order valence-electron chi connectivity index (χ3n) is 6.18. The van der Waals surface area contributed by atoms with Crippen molar-refractivity contribution < 1.29 is 24.2 Å². The van der Waals surface area contributed by atoms with E-state index < -0.39 is 11.9 Å². The number of hydrogen-bond donors (Lipinski definition) is 2. The van der Waals surface area contributed by atoms with Crippen molar-refractivity contribution in [3.05, 3.63) is 53.1 Å². The second-order valence-electron chi connectivity index (χ2n) is 8.72. The Bertz CT molecular complexity index is 1230. The minimum Gasteiger partial charge on any atom is -0.478 e. The van der Waals surface area contributed by atoms with Gasteiger partial charge in [-0.15, -0.1) is 11.3 Å². The highest BCUT2D eigenvalue weighted by Crippen LogP contribution is 2.26. The van der Waals surface area contributed by atoms with Crippen LogP contribution in [0.1, 0.15) is 39.4 Å². The lowest BCUT2D eigenvalue weighted by Crippen LogP contribution is -2.38. The number of aromatic nitrogens is 4. The van der Waals surface area contributed by atoms with Crippen LogP contribution < -0.4 is 15.0 Å². The van der Waals surface area contributed by atoms with Crippen molar-refractivity contribution in [1.82, 2.24) is 24.8 Å². The zero-order valence-electron chi connectivity index (χ0n) is 20.1. The Morgan fingerprint density at radius 1 is 1.14 bits per heavy atom. The molecule has 0 radical (unpaired) electrons. The van der Waals surface area contributed by atoms with Crippen molar-refractivity contribution in [3.63, 3.8) is 0 Å². The van der Waals surface area contributed by atoms with Crippen molar-refractivity contribution in [2.75, 3.05) is 49.6 Å². The van der Waals surface area contributed by atoms with Gasteiger partial charge in [-0.2, -0.15) is 0 Å². The minimum atomic E-state index is -1.13. The molecule has 0 spiro atoms. The lowest BCUT2D eigenvalue weighted by Gasteiger charge is -2.31. The van der Waals surface area contributed by atoms with E-state index in [0.29, 0.717) is 31.5 Å². The molecular weight excluding hydrogens is 498 g/mol. The number of pyridine rings is 1. The molecule has 0 unspecified atom stereocenters. The average molecular weight is 526 g/mol. The van der Waals surface area contributed by atoms with Crippen molar-refractivity contribution in [3.8, 4) is 6.01 Å². The maximum Gasteiger partial charge on any atom is 0.337 e. The van der Waals surface area contributed by atoms with Gasteiger partial charge < -0.3 is 24.8 Å². The number of carbonyl (C=O) groups is 2. The number of morpholine rings is 1. The van der Waals surface area contributed by atoms with Crippen LogP contribution in [0.5, 0.6) is 6.01 Å². The first-order valence-electron chi connectivity index (χ1n) is 12.0. The van der Waals surface area contributed by atoms with Crippen LogP contribution in [0, 0.1) is 0 Å². The van der Waals surface area contributed by atoms with Gasteiger partial charge in [0.15, 0.2) is 5.13 Å². The first kappa shape index (κ1) is 25.0. The van der Waals surface area contributed by atoms with Crippen LogP contribution in [0.2, 0.25) is 0 Å². The Balaban J connectivity index is 1.19. The summed E-state index contributed by atoms with van der Waals surface area (Å²) in [5.41, 5.74) is 0.981. The maximum absolute atomic E-state index is 12.9. The van der Waals surface area contributed by atoms with E-state index >= 15 is 0 Å². The topological polar surface area (TPSA) is 143 Å². The van der Waals surface area contributed by atoms with E-state index in [1.54, 1.807) is 23.8 Å². The summed E-state index contributed by atoms with van der Waals surface area (Å²) in [6.07, 6.45) is 6.28. The van der Waals surface area contributed by atoms with Crippen LogP contribution >= 0.6 is 11.3 Å². The van der Waals surface area contributed by atoms with Crippen molar-refractivity contribution in [2.24, 2.45) is 0 Å². The van der Waals surface area contributed by atoms with Gasteiger partial charge in [0.25, 0.3) is 5.91 Å². The van der Waals surface area contributed by atoms with Crippen LogP contribution in [-0.2, 0) is 11.3 Å². The summed E-state index contributed by atoms with van der Waals surface area (Å²) in [7, 11) is 0. The molecule has 0 saturated carbocycles. The number of hydrogen-bond acceptors (Lipinski definition) is 11. The molecule has 5 heterocycles. The van der Waals surface area contributed by atoms with E-state index in [0.717, 1.165) is 44.2 Å². The zero-order valence-corrected chi connectivity index (χ0v) is 20.9. The molecule has 37 heavy (non-hydrogen) atoms. The molecule has 2 saturated heterocycles. The second-order valence-corrected chi connectivity index (χ2v) is 9.56. The lowest BCUT2D eigenvalue weighted by atomic mass is 10.1. The van der Waals surface area contributed by atoms with Crippen molar-refractivity contribution in [1.29, 1.82) is 0 Å². The highest BCUT2D eigenvalue weighted by molar-refractivity contribution is 7.14. The Labute approximate surface area is 217 Å². The molecule has 3 aromatic rings. The van der Waals surface area contributed by atoms with Crippen LogP contribution in [0.4, 0.5) is 10.8 Å². The molecular formula is C24H27N7O5S. The average Bonchev–Trinajstić information content (AvgIpc) is 3.42.